The Morgan fingerprint density at radius 1 is 1.17 bits per heavy atom. The number of anilines is 1. The molecule has 0 bridgehead atoms. The molecule has 0 amide bonds. The molecule has 3 N–H and O–H groups in total. The minimum Gasteiger partial charge on any atom is -0.476 e. The van der Waals surface area contributed by atoms with Gasteiger partial charge in [-0.3, -0.25) is 0 Å². The minimum absolute atomic E-state index is 0.111. The van der Waals surface area contributed by atoms with Crippen molar-refractivity contribution in [3.05, 3.63) is 46.1 Å². The summed E-state index contributed by atoms with van der Waals surface area (Å²) in [5.41, 5.74) is 6.54. The van der Waals surface area contributed by atoms with E-state index in [0.29, 0.717) is 21.3 Å². The number of nitrogen functional groups attached to an aromatic ring is 1. The van der Waals surface area contributed by atoms with E-state index in [1.165, 1.54) is 6.07 Å². The van der Waals surface area contributed by atoms with Crippen LogP contribution in [0.5, 0.6) is 0 Å². The second kappa shape index (κ2) is 4.84. The van der Waals surface area contributed by atoms with Gasteiger partial charge < -0.3 is 10.8 Å². The van der Waals surface area contributed by atoms with Crippen molar-refractivity contribution in [2.24, 2.45) is 0 Å². The predicted molar refractivity (Wildman–Crippen MR) is 71.1 cm³/mol. The van der Waals surface area contributed by atoms with Gasteiger partial charge in [0.1, 0.15) is 0 Å². The summed E-state index contributed by atoms with van der Waals surface area (Å²) in [6.07, 6.45) is 0. The molecular weight excluding hydrogens is 275 g/mol. The zero-order valence-corrected chi connectivity index (χ0v) is 10.5. The summed E-state index contributed by atoms with van der Waals surface area (Å²) in [5, 5.41) is 9.86. The lowest BCUT2D eigenvalue weighted by molar-refractivity contribution is 0.0692. The fourth-order valence-corrected chi connectivity index (χ4v) is 2.03. The number of aromatic carboxylic acids is 1. The molecule has 6 heteroatoms. The lowest BCUT2D eigenvalue weighted by atomic mass is 10.1. The van der Waals surface area contributed by atoms with E-state index in [2.05, 4.69) is 4.98 Å². The van der Waals surface area contributed by atoms with Crippen molar-refractivity contribution < 1.29 is 9.90 Å². The van der Waals surface area contributed by atoms with Crippen molar-refractivity contribution in [2.45, 2.75) is 0 Å². The summed E-state index contributed by atoms with van der Waals surface area (Å²) >= 11 is 11.8. The van der Waals surface area contributed by atoms with Crippen LogP contribution in [0.4, 0.5) is 5.69 Å². The van der Waals surface area contributed by atoms with Gasteiger partial charge in [-0.1, -0.05) is 23.2 Å². The number of pyridine rings is 1. The van der Waals surface area contributed by atoms with Crippen molar-refractivity contribution in [2.75, 3.05) is 5.73 Å². The van der Waals surface area contributed by atoms with Gasteiger partial charge in [0.25, 0.3) is 0 Å². The highest BCUT2D eigenvalue weighted by Gasteiger charge is 2.12. The minimum atomic E-state index is -1.18. The van der Waals surface area contributed by atoms with Gasteiger partial charge in [0.15, 0.2) is 5.69 Å². The van der Waals surface area contributed by atoms with Crippen LogP contribution in [0, 0.1) is 0 Å². The first-order valence-corrected chi connectivity index (χ1v) is 5.69. The SMILES string of the molecule is Nc1ccc(-c2cc(Cl)cc(Cl)c2)nc1C(=O)O. The average molecular weight is 283 g/mol. The molecule has 4 nitrogen and oxygen atoms in total. The van der Waals surface area contributed by atoms with E-state index in [0.717, 1.165) is 0 Å². The van der Waals surface area contributed by atoms with Gasteiger partial charge in [0.05, 0.1) is 11.4 Å². The monoisotopic (exact) mass is 282 g/mol. The van der Waals surface area contributed by atoms with Crippen LogP contribution in [0.2, 0.25) is 10.0 Å². The number of carbonyl (C=O) groups is 1. The predicted octanol–water partition coefficient (Wildman–Crippen LogP) is 3.34. The molecule has 1 aromatic carbocycles. The summed E-state index contributed by atoms with van der Waals surface area (Å²) < 4.78 is 0. The number of halogens is 2. The second-order valence-electron chi connectivity index (χ2n) is 3.60. The van der Waals surface area contributed by atoms with Crippen molar-refractivity contribution in [3.63, 3.8) is 0 Å². The van der Waals surface area contributed by atoms with Crippen LogP contribution in [0.15, 0.2) is 30.3 Å². The number of benzene rings is 1. The molecule has 0 aliphatic rings. The maximum Gasteiger partial charge on any atom is 0.356 e. The number of nitrogens with zero attached hydrogens (tertiary/aromatic N) is 1. The van der Waals surface area contributed by atoms with E-state index >= 15 is 0 Å². The third kappa shape index (κ3) is 2.55. The molecule has 0 aliphatic heterocycles. The quantitative estimate of drug-likeness (QED) is 0.886. The third-order valence-corrected chi connectivity index (χ3v) is 2.72. The molecule has 18 heavy (non-hydrogen) atoms. The van der Waals surface area contributed by atoms with Crippen LogP contribution in [0.1, 0.15) is 10.5 Å². The smallest absolute Gasteiger partial charge is 0.356 e. The molecular formula is C12H8Cl2N2O2. The fourth-order valence-electron chi connectivity index (χ4n) is 1.50. The fraction of sp³-hybridized carbons (Fsp3) is 0. The number of hydrogen-bond acceptors (Lipinski definition) is 3. The number of nitrogens with two attached hydrogens (primary N) is 1. The third-order valence-electron chi connectivity index (χ3n) is 2.29. The largest absolute Gasteiger partial charge is 0.476 e. The Bertz CT molecular complexity index is 609. The van der Waals surface area contributed by atoms with Crippen LogP contribution < -0.4 is 5.73 Å². The Morgan fingerprint density at radius 3 is 2.33 bits per heavy atom. The molecule has 0 saturated carbocycles. The number of rotatable bonds is 2. The summed E-state index contributed by atoms with van der Waals surface area (Å²) in [6, 6.07) is 7.99. The molecule has 0 spiro atoms. The van der Waals surface area contributed by atoms with Crippen LogP contribution in [0.25, 0.3) is 11.3 Å². The standard InChI is InChI=1S/C12H8Cl2N2O2/c13-7-3-6(4-8(14)5-7)10-2-1-9(15)11(16-10)12(17)18/h1-5H,15H2,(H,17,18). The summed E-state index contributed by atoms with van der Waals surface area (Å²) in [4.78, 5) is 14.9. The molecule has 1 aromatic heterocycles. The lowest BCUT2D eigenvalue weighted by Crippen LogP contribution is -2.06. The van der Waals surface area contributed by atoms with E-state index < -0.39 is 5.97 Å². The highest BCUT2D eigenvalue weighted by atomic mass is 35.5. The van der Waals surface area contributed by atoms with E-state index in [1.54, 1.807) is 24.3 Å². The van der Waals surface area contributed by atoms with Crippen molar-refractivity contribution in [1.82, 2.24) is 4.98 Å². The number of hydrogen-bond donors (Lipinski definition) is 2. The van der Waals surface area contributed by atoms with E-state index in [9.17, 15) is 4.79 Å². The first kappa shape index (κ1) is 12.7. The van der Waals surface area contributed by atoms with E-state index in [-0.39, 0.29) is 11.4 Å². The van der Waals surface area contributed by atoms with Crippen LogP contribution in [0.3, 0.4) is 0 Å². The second-order valence-corrected chi connectivity index (χ2v) is 4.47. The first-order chi connectivity index (χ1) is 8.47. The Balaban J connectivity index is 2.57. The zero-order chi connectivity index (χ0) is 13.3. The summed E-state index contributed by atoms with van der Waals surface area (Å²) in [5.74, 6) is -1.18. The summed E-state index contributed by atoms with van der Waals surface area (Å²) in [6.45, 7) is 0. The Kier molecular flexibility index (Phi) is 3.41. The van der Waals surface area contributed by atoms with Crippen molar-refractivity contribution in [1.29, 1.82) is 0 Å². The maximum atomic E-state index is 10.9. The first-order valence-electron chi connectivity index (χ1n) is 4.93. The van der Waals surface area contributed by atoms with Gasteiger partial charge >= 0.3 is 5.97 Å². The van der Waals surface area contributed by atoms with Gasteiger partial charge in [-0.2, -0.15) is 0 Å². The highest BCUT2D eigenvalue weighted by Crippen LogP contribution is 2.27. The van der Waals surface area contributed by atoms with Crippen LogP contribution in [-0.4, -0.2) is 16.1 Å². The van der Waals surface area contributed by atoms with Gasteiger partial charge in [-0.15, -0.1) is 0 Å². The summed E-state index contributed by atoms with van der Waals surface area (Å²) in [7, 11) is 0. The Hall–Kier alpha value is -1.78. The molecule has 0 aliphatic carbocycles. The van der Waals surface area contributed by atoms with E-state index in [4.69, 9.17) is 34.0 Å². The topological polar surface area (TPSA) is 76.2 Å². The molecule has 2 rings (SSSR count). The van der Waals surface area contributed by atoms with Gasteiger partial charge in [-0.05, 0) is 30.3 Å². The van der Waals surface area contributed by atoms with Crippen molar-refractivity contribution in [3.8, 4) is 11.3 Å². The molecule has 0 unspecified atom stereocenters. The number of carboxylic acids is 1. The van der Waals surface area contributed by atoms with E-state index in [1.807, 2.05) is 0 Å². The molecule has 0 fully saturated rings. The molecule has 0 radical (unpaired) electrons. The lowest BCUT2D eigenvalue weighted by Gasteiger charge is -2.05. The average Bonchev–Trinajstić information content (AvgIpc) is 2.27. The number of aromatic nitrogens is 1. The zero-order valence-electron chi connectivity index (χ0n) is 9.02. The highest BCUT2D eigenvalue weighted by molar-refractivity contribution is 6.35. The Morgan fingerprint density at radius 2 is 1.78 bits per heavy atom. The van der Waals surface area contributed by atoms with Gasteiger partial charge in [0, 0.05) is 15.6 Å². The van der Waals surface area contributed by atoms with Crippen LogP contribution >= 0.6 is 23.2 Å². The molecule has 0 atom stereocenters. The molecule has 2 aromatic rings. The molecule has 1 heterocycles. The molecule has 0 saturated heterocycles. The van der Waals surface area contributed by atoms with Crippen LogP contribution in [-0.2, 0) is 0 Å². The normalized spacial score (nSPS) is 10.3. The molecule has 92 valence electrons. The van der Waals surface area contributed by atoms with Gasteiger partial charge in [0.2, 0.25) is 0 Å². The Labute approximate surface area is 113 Å². The van der Waals surface area contributed by atoms with Crippen molar-refractivity contribution >= 4 is 34.9 Å². The number of carboxylic acid groups (broad SMARTS) is 1. The maximum absolute atomic E-state index is 10.9. The van der Waals surface area contributed by atoms with Gasteiger partial charge in [-0.25, -0.2) is 9.78 Å².